The zero-order valence-electron chi connectivity index (χ0n) is 14.5. The molecule has 0 aliphatic heterocycles. The van der Waals surface area contributed by atoms with Gasteiger partial charge in [-0.25, -0.2) is 0 Å². The van der Waals surface area contributed by atoms with Gasteiger partial charge in [-0.15, -0.1) is 0 Å². The lowest BCUT2D eigenvalue weighted by Crippen LogP contribution is -2.36. The molecular weight excluding hydrogens is 312 g/mol. The lowest BCUT2D eigenvalue weighted by molar-refractivity contribution is -0.133. The molecule has 2 aromatic rings. The van der Waals surface area contributed by atoms with Crippen molar-refractivity contribution >= 4 is 11.8 Å². The first-order valence-electron chi connectivity index (χ1n) is 8.79. The fourth-order valence-electron chi connectivity index (χ4n) is 3.06. The SMILES string of the molecule is CC(=O)NC(CC(=O)N(Cc1ccccc1)C1CC1)c1ccccc1. The summed E-state index contributed by atoms with van der Waals surface area (Å²) in [6.45, 7) is 2.12. The third-order valence-electron chi connectivity index (χ3n) is 4.46. The number of carbonyl (C=O) groups excluding carboxylic acids is 2. The molecule has 1 fully saturated rings. The number of hydrogen-bond donors (Lipinski definition) is 1. The molecule has 1 aliphatic rings. The van der Waals surface area contributed by atoms with Gasteiger partial charge in [0.2, 0.25) is 11.8 Å². The van der Waals surface area contributed by atoms with Gasteiger partial charge in [0.25, 0.3) is 0 Å². The van der Waals surface area contributed by atoms with Crippen LogP contribution in [0.5, 0.6) is 0 Å². The summed E-state index contributed by atoms with van der Waals surface area (Å²) < 4.78 is 0. The van der Waals surface area contributed by atoms with Gasteiger partial charge in [0.1, 0.15) is 0 Å². The predicted molar refractivity (Wildman–Crippen MR) is 97.6 cm³/mol. The lowest BCUT2D eigenvalue weighted by Gasteiger charge is -2.26. The van der Waals surface area contributed by atoms with Gasteiger partial charge in [0.15, 0.2) is 0 Å². The Labute approximate surface area is 148 Å². The molecule has 0 bridgehead atoms. The van der Waals surface area contributed by atoms with Crippen molar-refractivity contribution in [2.24, 2.45) is 0 Å². The van der Waals surface area contributed by atoms with E-state index in [9.17, 15) is 9.59 Å². The normalized spacial score (nSPS) is 14.6. The van der Waals surface area contributed by atoms with E-state index in [0.29, 0.717) is 12.6 Å². The van der Waals surface area contributed by atoms with Gasteiger partial charge in [-0.05, 0) is 24.0 Å². The molecule has 0 radical (unpaired) electrons. The molecule has 0 saturated heterocycles. The average molecular weight is 336 g/mol. The topological polar surface area (TPSA) is 49.4 Å². The van der Waals surface area contributed by atoms with Crippen molar-refractivity contribution in [3.8, 4) is 0 Å². The summed E-state index contributed by atoms with van der Waals surface area (Å²) in [7, 11) is 0. The molecule has 1 unspecified atom stereocenters. The largest absolute Gasteiger partial charge is 0.349 e. The van der Waals surface area contributed by atoms with Crippen molar-refractivity contribution in [1.29, 1.82) is 0 Å². The summed E-state index contributed by atoms with van der Waals surface area (Å²) in [5, 5.41) is 2.92. The van der Waals surface area contributed by atoms with E-state index in [1.54, 1.807) is 0 Å². The van der Waals surface area contributed by atoms with Crippen LogP contribution in [-0.4, -0.2) is 22.8 Å². The van der Waals surface area contributed by atoms with E-state index in [1.165, 1.54) is 6.92 Å². The zero-order chi connectivity index (χ0) is 17.6. The molecule has 1 saturated carbocycles. The second-order valence-electron chi connectivity index (χ2n) is 6.61. The molecule has 2 aromatic carbocycles. The number of hydrogen-bond acceptors (Lipinski definition) is 2. The molecule has 1 atom stereocenters. The van der Waals surface area contributed by atoms with Crippen LogP contribution in [0.1, 0.15) is 43.4 Å². The van der Waals surface area contributed by atoms with Crippen molar-refractivity contribution in [3.63, 3.8) is 0 Å². The lowest BCUT2D eigenvalue weighted by atomic mass is 10.0. The minimum Gasteiger partial charge on any atom is -0.349 e. The fraction of sp³-hybridized carbons (Fsp3) is 0.333. The third-order valence-corrected chi connectivity index (χ3v) is 4.46. The van der Waals surface area contributed by atoms with Gasteiger partial charge in [-0.2, -0.15) is 0 Å². The van der Waals surface area contributed by atoms with Crippen molar-refractivity contribution in [1.82, 2.24) is 10.2 Å². The van der Waals surface area contributed by atoms with Crippen molar-refractivity contribution in [2.75, 3.05) is 0 Å². The summed E-state index contributed by atoms with van der Waals surface area (Å²) >= 11 is 0. The minimum atomic E-state index is -0.289. The zero-order valence-corrected chi connectivity index (χ0v) is 14.5. The maximum absolute atomic E-state index is 13.0. The second-order valence-corrected chi connectivity index (χ2v) is 6.61. The highest BCUT2D eigenvalue weighted by atomic mass is 16.2. The van der Waals surface area contributed by atoms with E-state index in [1.807, 2.05) is 65.6 Å². The number of nitrogens with one attached hydrogen (secondary N) is 1. The molecule has 3 rings (SSSR count). The Morgan fingerprint density at radius 1 is 1.04 bits per heavy atom. The highest BCUT2D eigenvalue weighted by Crippen LogP contribution is 2.30. The summed E-state index contributed by atoms with van der Waals surface area (Å²) in [5.41, 5.74) is 2.10. The molecule has 4 heteroatoms. The maximum Gasteiger partial charge on any atom is 0.225 e. The minimum absolute atomic E-state index is 0.0916. The molecule has 4 nitrogen and oxygen atoms in total. The number of carbonyl (C=O) groups is 2. The Hall–Kier alpha value is -2.62. The number of rotatable bonds is 7. The molecule has 0 aromatic heterocycles. The van der Waals surface area contributed by atoms with Gasteiger partial charge in [0, 0.05) is 19.5 Å². The van der Waals surface area contributed by atoms with Gasteiger partial charge < -0.3 is 10.2 Å². The number of nitrogens with zero attached hydrogens (tertiary/aromatic N) is 1. The first kappa shape index (κ1) is 17.2. The summed E-state index contributed by atoms with van der Waals surface area (Å²) in [5.74, 6) is -0.0309. The summed E-state index contributed by atoms with van der Waals surface area (Å²) in [6.07, 6.45) is 2.41. The van der Waals surface area contributed by atoms with E-state index < -0.39 is 0 Å². The Morgan fingerprint density at radius 3 is 2.20 bits per heavy atom. The first-order valence-corrected chi connectivity index (χ1v) is 8.79. The van der Waals surface area contributed by atoms with Crippen LogP contribution in [0.4, 0.5) is 0 Å². The van der Waals surface area contributed by atoms with Crippen LogP contribution in [0.25, 0.3) is 0 Å². The second kappa shape index (κ2) is 7.97. The molecule has 130 valence electrons. The quantitative estimate of drug-likeness (QED) is 0.842. The first-order chi connectivity index (χ1) is 12.1. The van der Waals surface area contributed by atoms with Gasteiger partial charge >= 0.3 is 0 Å². The maximum atomic E-state index is 13.0. The van der Waals surface area contributed by atoms with Crippen molar-refractivity contribution < 1.29 is 9.59 Å². The molecular formula is C21H24N2O2. The molecule has 0 heterocycles. The van der Waals surface area contributed by atoms with Crippen LogP contribution in [0.2, 0.25) is 0 Å². The number of benzene rings is 2. The third kappa shape index (κ3) is 4.92. The van der Waals surface area contributed by atoms with Crippen LogP contribution < -0.4 is 5.32 Å². The van der Waals surface area contributed by atoms with E-state index in [4.69, 9.17) is 0 Å². The van der Waals surface area contributed by atoms with Crippen LogP contribution in [-0.2, 0) is 16.1 Å². The molecule has 25 heavy (non-hydrogen) atoms. The van der Waals surface area contributed by atoms with E-state index in [0.717, 1.165) is 24.0 Å². The molecule has 2 amide bonds. The van der Waals surface area contributed by atoms with E-state index in [-0.39, 0.29) is 24.3 Å². The van der Waals surface area contributed by atoms with Gasteiger partial charge in [-0.1, -0.05) is 60.7 Å². The predicted octanol–water partition coefficient (Wildman–Crippen LogP) is 3.45. The van der Waals surface area contributed by atoms with Crippen LogP contribution in [0, 0.1) is 0 Å². The highest BCUT2D eigenvalue weighted by Gasteiger charge is 2.33. The van der Waals surface area contributed by atoms with E-state index in [2.05, 4.69) is 5.32 Å². The van der Waals surface area contributed by atoms with Crippen LogP contribution in [0.3, 0.4) is 0 Å². The Morgan fingerprint density at radius 2 is 1.64 bits per heavy atom. The number of amides is 2. The summed E-state index contributed by atoms with van der Waals surface area (Å²) in [4.78, 5) is 26.5. The van der Waals surface area contributed by atoms with E-state index >= 15 is 0 Å². The monoisotopic (exact) mass is 336 g/mol. The Balaban J connectivity index is 1.73. The Bertz CT molecular complexity index is 711. The fourth-order valence-corrected chi connectivity index (χ4v) is 3.06. The van der Waals surface area contributed by atoms with Crippen molar-refractivity contribution in [3.05, 3.63) is 71.8 Å². The Kier molecular flexibility index (Phi) is 5.49. The molecule has 1 aliphatic carbocycles. The standard InChI is InChI=1S/C21H24N2O2/c1-16(24)22-20(18-10-6-3-7-11-18)14-21(25)23(19-12-13-19)15-17-8-4-2-5-9-17/h2-11,19-20H,12-15H2,1H3,(H,22,24). The van der Waals surface area contributed by atoms with Gasteiger partial charge in [0.05, 0.1) is 12.5 Å². The van der Waals surface area contributed by atoms with Crippen molar-refractivity contribution in [2.45, 2.75) is 44.8 Å². The van der Waals surface area contributed by atoms with Gasteiger partial charge in [-0.3, -0.25) is 9.59 Å². The molecule has 0 spiro atoms. The van der Waals surface area contributed by atoms with Crippen LogP contribution >= 0.6 is 0 Å². The molecule has 1 N–H and O–H groups in total. The highest BCUT2D eigenvalue weighted by molar-refractivity contribution is 5.79. The average Bonchev–Trinajstić information content (AvgIpc) is 3.45. The smallest absolute Gasteiger partial charge is 0.225 e. The summed E-state index contributed by atoms with van der Waals surface area (Å²) in [6, 6.07) is 19.8. The van der Waals surface area contributed by atoms with Crippen LogP contribution in [0.15, 0.2) is 60.7 Å².